The van der Waals surface area contributed by atoms with Gasteiger partial charge in [-0.25, -0.2) is 9.97 Å². The Morgan fingerprint density at radius 1 is 1.60 bits per heavy atom. The summed E-state index contributed by atoms with van der Waals surface area (Å²) in [5.41, 5.74) is 6.13. The molecule has 2 N–H and O–H groups in total. The molecule has 7 heteroatoms. The quantitative estimate of drug-likeness (QED) is 0.775. The summed E-state index contributed by atoms with van der Waals surface area (Å²) in [6.45, 7) is 5.07. The average Bonchev–Trinajstić information content (AvgIpc) is 2.38. The third-order valence-electron chi connectivity index (χ3n) is 3.19. The second-order valence-electron chi connectivity index (χ2n) is 5.12. The first-order chi connectivity index (χ1) is 9.54. The molecule has 0 radical (unpaired) electrons. The largest absolute Gasteiger partial charge is 0.373 e. The van der Waals surface area contributed by atoms with Crippen molar-refractivity contribution in [2.24, 2.45) is 5.73 Å². The average molecular weight is 279 g/mol. The molecule has 1 fully saturated rings. The number of morpholine rings is 1. The zero-order valence-corrected chi connectivity index (χ0v) is 12.0. The van der Waals surface area contributed by atoms with Crippen molar-refractivity contribution >= 4 is 11.7 Å². The lowest BCUT2D eigenvalue weighted by Crippen LogP contribution is -2.48. The van der Waals surface area contributed by atoms with E-state index in [-0.39, 0.29) is 18.6 Å². The van der Waals surface area contributed by atoms with Crippen molar-refractivity contribution < 1.29 is 9.53 Å². The summed E-state index contributed by atoms with van der Waals surface area (Å²) in [5, 5.41) is 0. The number of hydrogen-bond acceptors (Lipinski definition) is 6. The number of anilines is 1. The van der Waals surface area contributed by atoms with Crippen LogP contribution in [-0.4, -0.2) is 66.7 Å². The van der Waals surface area contributed by atoms with E-state index in [2.05, 4.69) is 14.9 Å². The van der Waals surface area contributed by atoms with Crippen molar-refractivity contribution in [1.29, 1.82) is 0 Å². The molecule has 0 aromatic carbocycles. The summed E-state index contributed by atoms with van der Waals surface area (Å²) >= 11 is 0. The monoisotopic (exact) mass is 279 g/mol. The molecule has 0 bridgehead atoms. The van der Waals surface area contributed by atoms with Gasteiger partial charge in [0.2, 0.25) is 5.91 Å². The number of likely N-dealkylation sites (N-methyl/N-ethyl adjacent to an activating group) is 1. The number of hydrogen-bond donors (Lipinski definition) is 1. The number of amides is 1. The first-order valence-corrected chi connectivity index (χ1v) is 6.66. The van der Waals surface area contributed by atoms with Crippen LogP contribution in [0.25, 0.3) is 0 Å². The van der Waals surface area contributed by atoms with Crippen LogP contribution in [0.15, 0.2) is 12.4 Å². The van der Waals surface area contributed by atoms with E-state index >= 15 is 0 Å². The smallest absolute Gasteiger partial charge is 0.231 e. The highest BCUT2D eigenvalue weighted by Crippen LogP contribution is 2.15. The topological polar surface area (TPSA) is 84.6 Å². The first kappa shape index (κ1) is 14.7. The van der Waals surface area contributed by atoms with Crippen LogP contribution in [0.5, 0.6) is 0 Å². The SMILES string of the molecule is Cc1cc(N2CCOC(CN(C)CC(N)=O)C2)ncn1. The Balaban J connectivity index is 1.93. The molecule has 7 nitrogen and oxygen atoms in total. The van der Waals surface area contributed by atoms with E-state index in [1.165, 1.54) is 0 Å². The lowest BCUT2D eigenvalue weighted by molar-refractivity contribution is -0.119. The Kier molecular flexibility index (Phi) is 4.86. The lowest BCUT2D eigenvalue weighted by Gasteiger charge is -2.35. The molecular weight excluding hydrogens is 258 g/mol. The van der Waals surface area contributed by atoms with Crippen LogP contribution < -0.4 is 10.6 Å². The third kappa shape index (κ3) is 4.14. The highest BCUT2D eigenvalue weighted by Gasteiger charge is 2.23. The summed E-state index contributed by atoms with van der Waals surface area (Å²) in [6.07, 6.45) is 1.62. The maximum atomic E-state index is 10.9. The molecule has 1 aliphatic rings. The van der Waals surface area contributed by atoms with Crippen molar-refractivity contribution in [3.63, 3.8) is 0 Å². The number of nitrogens with two attached hydrogens (primary N) is 1. The first-order valence-electron chi connectivity index (χ1n) is 6.66. The number of rotatable bonds is 5. The van der Waals surface area contributed by atoms with Gasteiger partial charge in [-0.05, 0) is 14.0 Å². The fourth-order valence-corrected chi connectivity index (χ4v) is 2.33. The molecule has 1 aromatic rings. The minimum Gasteiger partial charge on any atom is -0.373 e. The minimum absolute atomic E-state index is 0.0448. The van der Waals surface area contributed by atoms with Gasteiger partial charge in [0.25, 0.3) is 0 Å². The predicted molar refractivity (Wildman–Crippen MR) is 75.4 cm³/mol. The molecule has 1 amide bonds. The molecule has 1 atom stereocenters. The van der Waals surface area contributed by atoms with Crippen LogP contribution in [0.3, 0.4) is 0 Å². The van der Waals surface area contributed by atoms with Gasteiger partial charge >= 0.3 is 0 Å². The molecule has 0 saturated carbocycles. The number of primary amides is 1. The van der Waals surface area contributed by atoms with Gasteiger partial charge in [0.05, 0.1) is 19.3 Å². The molecule has 0 spiro atoms. The van der Waals surface area contributed by atoms with Gasteiger partial charge in [-0.3, -0.25) is 9.69 Å². The lowest BCUT2D eigenvalue weighted by atomic mass is 10.2. The van der Waals surface area contributed by atoms with Gasteiger partial charge < -0.3 is 15.4 Å². The number of aromatic nitrogens is 2. The van der Waals surface area contributed by atoms with Gasteiger partial charge in [0, 0.05) is 31.4 Å². The molecule has 1 saturated heterocycles. The zero-order valence-electron chi connectivity index (χ0n) is 12.0. The molecule has 0 aliphatic carbocycles. The Morgan fingerprint density at radius 3 is 3.10 bits per heavy atom. The predicted octanol–water partition coefficient (Wildman–Crippen LogP) is -0.593. The van der Waals surface area contributed by atoms with Crippen molar-refractivity contribution in [3.05, 3.63) is 18.1 Å². The van der Waals surface area contributed by atoms with Crippen LogP contribution in [0.2, 0.25) is 0 Å². The van der Waals surface area contributed by atoms with Crippen LogP contribution in [0, 0.1) is 6.92 Å². The maximum absolute atomic E-state index is 10.9. The van der Waals surface area contributed by atoms with Crippen molar-refractivity contribution in [3.8, 4) is 0 Å². The number of carbonyl (C=O) groups is 1. The Labute approximate surface area is 118 Å². The van der Waals surface area contributed by atoms with E-state index in [0.29, 0.717) is 13.2 Å². The number of carbonyl (C=O) groups excluding carboxylic acids is 1. The maximum Gasteiger partial charge on any atom is 0.231 e. The standard InChI is InChI=1S/C13H21N5O2/c1-10-5-13(16-9-15-10)18-3-4-20-11(7-18)6-17(2)8-12(14)19/h5,9,11H,3-4,6-8H2,1-2H3,(H2,14,19). The molecule has 1 aromatic heterocycles. The van der Waals surface area contributed by atoms with Gasteiger partial charge in [-0.2, -0.15) is 0 Å². The van der Waals surface area contributed by atoms with Crippen LogP contribution in [0.4, 0.5) is 5.82 Å². The summed E-state index contributed by atoms with van der Waals surface area (Å²) in [5.74, 6) is 0.593. The number of ether oxygens (including phenoxy) is 1. The Bertz CT molecular complexity index is 468. The van der Waals surface area contributed by atoms with E-state index < -0.39 is 0 Å². The van der Waals surface area contributed by atoms with Crippen LogP contribution in [-0.2, 0) is 9.53 Å². The highest BCUT2D eigenvalue weighted by molar-refractivity contribution is 5.75. The zero-order chi connectivity index (χ0) is 14.5. The van der Waals surface area contributed by atoms with Crippen molar-refractivity contribution in [2.45, 2.75) is 13.0 Å². The summed E-state index contributed by atoms with van der Waals surface area (Å²) in [4.78, 5) is 23.3. The van der Waals surface area contributed by atoms with E-state index in [1.54, 1.807) is 6.33 Å². The van der Waals surface area contributed by atoms with Crippen molar-refractivity contribution in [1.82, 2.24) is 14.9 Å². The highest BCUT2D eigenvalue weighted by atomic mass is 16.5. The number of nitrogens with zero attached hydrogens (tertiary/aromatic N) is 4. The molecule has 2 heterocycles. The van der Waals surface area contributed by atoms with Gasteiger partial charge in [0.1, 0.15) is 12.1 Å². The van der Waals surface area contributed by atoms with Crippen LogP contribution >= 0.6 is 0 Å². The normalized spacial score (nSPS) is 19.4. The summed E-state index contributed by atoms with van der Waals surface area (Å²) in [6, 6.07) is 1.97. The van der Waals surface area contributed by atoms with Gasteiger partial charge in [-0.1, -0.05) is 0 Å². The van der Waals surface area contributed by atoms with Gasteiger partial charge in [-0.15, -0.1) is 0 Å². The minimum atomic E-state index is -0.327. The molecular formula is C13H21N5O2. The van der Waals surface area contributed by atoms with Gasteiger partial charge in [0.15, 0.2) is 0 Å². The third-order valence-corrected chi connectivity index (χ3v) is 3.19. The summed E-state index contributed by atoms with van der Waals surface area (Å²) < 4.78 is 5.73. The van der Waals surface area contributed by atoms with E-state index in [0.717, 1.165) is 24.6 Å². The molecule has 110 valence electrons. The van der Waals surface area contributed by atoms with E-state index in [9.17, 15) is 4.79 Å². The fourth-order valence-electron chi connectivity index (χ4n) is 2.33. The van der Waals surface area contributed by atoms with Crippen LogP contribution in [0.1, 0.15) is 5.69 Å². The fraction of sp³-hybridized carbons (Fsp3) is 0.615. The molecule has 20 heavy (non-hydrogen) atoms. The second kappa shape index (κ2) is 6.62. The van der Waals surface area contributed by atoms with E-state index in [1.807, 2.05) is 24.9 Å². The molecule has 2 rings (SSSR count). The van der Waals surface area contributed by atoms with Crippen molar-refractivity contribution in [2.75, 3.05) is 44.7 Å². The number of aryl methyl sites for hydroxylation is 1. The summed E-state index contributed by atoms with van der Waals surface area (Å²) in [7, 11) is 1.86. The Morgan fingerprint density at radius 2 is 2.40 bits per heavy atom. The Hall–Kier alpha value is -1.73. The van der Waals surface area contributed by atoms with E-state index in [4.69, 9.17) is 10.5 Å². The molecule has 1 aliphatic heterocycles. The molecule has 1 unspecified atom stereocenters. The second-order valence-corrected chi connectivity index (χ2v) is 5.12.